The second-order valence-electron chi connectivity index (χ2n) is 10.6. The molecule has 0 atom stereocenters. The number of aliphatic imine (C=N–C) groups is 1. The third-order valence-corrected chi connectivity index (χ3v) is 8.45. The van der Waals surface area contributed by atoms with E-state index in [1.54, 1.807) is 24.1 Å². The second-order valence-corrected chi connectivity index (χ2v) is 11.6. The molecule has 1 aliphatic heterocycles. The predicted octanol–water partition coefficient (Wildman–Crippen LogP) is 8.24. The van der Waals surface area contributed by atoms with Crippen LogP contribution in [0.25, 0.3) is 16.8 Å². The van der Waals surface area contributed by atoms with E-state index in [9.17, 15) is 14.7 Å². The van der Waals surface area contributed by atoms with Gasteiger partial charge in [0, 0.05) is 5.56 Å². The molecule has 8 heteroatoms. The van der Waals surface area contributed by atoms with Gasteiger partial charge >= 0.3 is 5.97 Å². The van der Waals surface area contributed by atoms with Gasteiger partial charge in [-0.05, 0) is 89.1 Å². The lowest BCUT2D eigenvalue weighted by Gasteiger charge is -2.16. The minimum Gasteiger partial charge on any atom is -0.497 e. The molecule has 1 fully saturated rings. The molecule has 5 aromatic rings. The third-order valence-electron chi connectivity index (χ3n) is 7.45. The Morgan fingerprint density at radius 1 is 0.889 bits per heavy atom. The first-order valence-electron chi connectivity index (χ1n) is 14.3. The number of aryl methyl sites for hydroxylation is 1. The molecule has 1 aliphatic rings. The van der Waals surface area contributed by atoms with Crippen LogP contribution in [-0.2, 0) is 17.9 Å². The Kier molecular flexibility index (Phi) is 8.66. The Labute approximate surface area is 265 Å². The zero-order valence-electron chi connectivity index (χ0n) is 24.8. The number of rotatable bonds is 9. The second kappa shape index (κ2) is 13.1. The standard InChI is InChI=1S/C37H30N2O5S/c1-24-7-9-26(10-8-24)23-44-33-20-15-27-5-3-4-6-31(27)32(33)21-34-35(40)39(22-25-11-13-28(14-12-25)36(41)42)37(45-34)38-29-16-18-30(43-2)19-17-29/h3-21H,22-23H2,1-2H3,(H,41,42)/b34-21-,38-37?. The van der Waals surface area contributed by atoms with Crippen molar-refractivity contribution >= 4 is 51.3 Å². The minimum atomic E-state index is -1.00. The van der Waals surface area contributed by atoms with Crippen molar-refractivity contribution in [2.24, 2.45) is 4.99 Å². The lowest BCUT2D eigenvalue weighted by Crippen LogP contribution is -2.28. The molecule has 0 radical (unpaired) electrons. The minimum absolute atomic E-state index is 0.183. The summed E-state index contributed by atoms with van der Waals surface area (Å²) in [6.07, 6.45) is 1.89. The first-order valence-corrected chi connectivity index (χ1v) is 15.2. The average molecular weight is 615 g/mol. The van der Waals surface area contributed by atoms with Crippen molar-refractivity contribution in [3.63, 3.8) is 0 Å². The summed E-state index contributed by atoms with van der Waals surface area (Å²) in [7, 11) is 1.60. The van der Waals surface area contributed by atoms with Crippen LogP contribution in [-0.4, -0.2) is 34.2 Å². The van der Waals surface area contributed by atoms with E-state index in [1.165, 1.54) is 29.5 Å². The Hall–Kier alpha value is -5.34. The van der Waals surface area contributed by atoms with Crippen molar-refractivity contribution in [1.29, 1.82) is 0 Å². The van der Waals surface area contributed by atoms with Crippen molar-refractivity contribution in [1.82, 2.24) is 4.90 Å². The number of nitrogens with zero attached hydrogens (tertiary/aromatic N) is 2. The quantitative estimate of drug-likeness (QED) is 0.168. The highest BCUT2D eigenvalue weighted by molar-refractivity contribution is 8.18. The number of fused-ring (bicyclic) bond motifs is 1. The van der Waals surface area contributed by atoms with Crippen LogP contribution in [0.3, 0.4) is 0 Å². The van der Waals surface area contributed by atoms with Crippen LogP contribution in [0.15, 0.2) is 119 Å². The van der Waals surface area contributed by atoms with Gasteiger partial charge in [-0.3, -0.25) is 9.69 Å². The first-order chi connectivity index (χ1) is 21.9. The molecule has 224 valence electrons. The third kappa shape index (κ3) is 6.76. The largest absolute Gasteiger partial charge is 0.497 e. The van der Waals surface area contributed by atoms with Gasteiger partial charge in [0.05, 0.1) is 29.8 Å². The molecular formula is C37H30N2O5S. The molecular weight excluding hydrogens is 584 g/mol. The monoisotopic (exact) mass is 614 g/mol. The molecule has 1 N–H and O–H groups in total. The van der Waals surface area contributed by atoms with Crippen LogP contribution in [0, 0.1) is 6.92 Å². The SMILES string of the molecule is COc1ccc(N=C2S/C(=C\c3c(OCc4ccc(C)cc4)ccc4ccccc34)C(=O)N2Cc2ccc(C(=O)O)cc2)cc1. The lowest BCUT2D eigenvalue weighted by molar-refractivity contribution is -0.122. The smallest absolute Gasteiger partial charge is 0.335 e. The van der Waals surface area contributed by atoms with Crippen molar-refractivity contribution in [3.8, 4) is 11.5 Å². The summed E-state index contributed by atoms with van der Waals surface area (Å²) in [6, 6.07) is 34.0. The summed E-state index contributed by atoms with van der Waals surface area (Å²) < 4.78 is 11.6. The Morgan fingerprint density at radius 3 is 2.31 bits per heavy atom. The van der Waals surface area contributed by atoms with Crippen LogP contribution < -0.4 is 9.47 Å². The van der Waals surface area contributed by atoms with Gasteiger partial charge in [0.15, 0.2) is 5.17 Å². The van der Waals surface area contributed by atoms with Crippen LogP contribution in [0.2, 0.25) is 0 Å². The van der Waals surface area contributed by atoms with Gasteiger partial charge in [0.1, 0.15) is 18.1 Å². The molecule has 0 spiro atoms. The zero-order valence-corrected chi connectivity index (χ0v) is 25.6. The molecule has 5 aromatic carbocycles. The highest BCUT2D eigenvalue weighted by atomic mass is 32.2. The number of amidine groups is 1. The van der Waals surface area contributed by atoms with Gasteiger partial charge in [-0.1, -0.05) is 72.3 Å². The van der Waals surface area contributed by atoms with Gasteiger partial charge < -0.3 is 14.6 Å². The number of methoxy groups -OCH3 is 1. The summed E-state index contributed by atoms with van der Waals surface area (Å²) in [5, 5.41) is 11.8. The number of amides is 1. The molecule has 45 heavy (non-hydrogen) atoms. The molecule has 0 aromatic heterocycles. The lowest BCUT2D eigenvalue weighted by atomic mass is 10.0. The van der Waals surface area contributed by atoms with Crippen LogP contribution in [0.1, 0.15) is 32.6 Å². The van der Waals surface area contributed by atoms with Gasteiger partial charge in [-0.25, -0.2) is 9.79 Å². The Morgan fingerprint density at radius 2 is 1.60 bits per heavy atom. The van der Waals surface area contributed by atoms with E-state index in [2.05, 4.69) is 19.1 Å². The van der Waals surface area contributed by atoms with E-state index in [4.69, 9.17) is 14.5 Å². The summed E-state index contributed by atoms with van der Waals surface area (Å²) >= 11 is 1.29. The van der Waals surface area contributed by atoms with Crippen molar-refractivity contribution in [2.75, 3.05) is 7.11 Å². The van der Waals surface area contributed by atoms with E-state index in [1.807, 2.05) is 78.9 Å². The maximum absolute atomic E-state index is 14.1. The van der Waals surface area contributed by atoms with Crippen LogP contribution in [0.4, 0.5) is 5.69 Å². The van der Waals surface area contributed by atoms with Gasteiger partial charge in [0.2, 0.25) is 0 Å². The average Bonchev–Trinajstić information content (AvgIpc) is 3.34. The number of carboxylic acid groups (broad SMARTS) is 1. The number of ether oxygens (including phenoxy) is 2. The fourth-order valence-corrected chi connectivity index (χ4v) is 5.94. The fourth-order valence-electron chi connectivity index (χ4n) is 4.96. The number of benzene rings is 5. The van der Waals surface area contributed by atoms with Crippen LogP contribution in [0.5, 0.6) is 11.5 Å². The fraction of sp³-hybridized carbons (Fsp3) is 0.108. The van der Waals surface area contributed by atoms with Crippen molar-refractivity contribution in [2.45, 2.75) is 20.1 Å². The van der Waals surface area contributed by atoms with E-state index >= 15 is 0 Å². The topological polar surface area (TPSA) is 88.4 Å². The van der Waals surface area contributed by atoms with Gasteiger partial charge in [-0.15, -0.1) is 0 Å². The normalized spacial score (nSPS) is 14.8. The number of aromatic carboxylic acids is 1. The summed E-state index contributed by atoms with van der Waals surface area (Å²) in [5.74, 6) is 0.175. The molecule has 0 aliphatic carbocycles. The molecule has 0 saturated carbocycles. The van der Waals surface area contributed by atoms with E-state index in [0.29, 0.717) is 33.9 Å². The molecule has 1 saturated heterocycles. The molecule has 1 heterocycles. The zero-order chi connectivity index (χ0) is 31.3. The molecule has 7 nitrogen and oxygen atoms in total. The maximum atomic E-state index is 14.1. The first kappa shape index (κ1) is 29.7. The molecule has 1 amide bonds. The Balaban J connectivity index is 1.38. The number of carboxylic acids is 1. The number of carbonyl (C=O) groups is 2. The number of hydrogen-bond acceptors (Lipinski definition) is 6. The number of hydrogen-bond donors (Lipinski definition) is 1. The van der Waals surface area contributed by atoms with Crippen molar-refractivity contribution in [3.05, 3.63) is 142 Å². The maximum Gasteiger partial charge on any atom is 0.335 e. The molecule has 0 unspecified atom stereocenters. The predicted molar refractivity (Wildman–Crippen MR) is 179 cm³/mol. The summed E-state index contributed by atoms with van der Waals surface area (Å²) in [5.41, 5.74) is 4.68. The summed E-state index contributed by atoms with van der Waals surface area (Å²) in [4.78, 5) is 32.4. The highest BCUT2D eigenvalue weighted by Gasteiger charge is 2.34. The molecule has 0 bridgehead atoms. The number of thioether (sulfide) groups is 1. The van der Waals surface area contributed by atoms with Crippen molar-refractivity contribution < 1.29 is 24.2 Å². The van der Waals surface area contributed by atoms with E-state index in [-0.39, 0.29) is 18.0 Å². The van der Waals surface area contributed by atoms with Gasteiger partial charge in [0.25, 0.3) is 5.91 Å². The van der Waals surface area contributed by atoms with Gasteiger partial charge in [-0.2, -0.15) is 0 Å². The van der Waals surface area contributed by atoms with E-state index in [0.717, 1.165) is 27.5 Å². The van der Waals surface area contributed by atoms with E-state index < -0.39 is 5.97 Å². The summed E-state index contributed by atoms with van der Waals surface area (Å²) in [6.45, 7) is 2.66. The highest BCUT2D eigenvalue weighted by Crippen LogP contribution is 2.39. The van der Waals surface area contributed by atoms with Crippen LogP contribution >= 0.6 is 11.8 Å². The number of carbonyl (C=O) groups excluding carboxylic acids is 1. The Bertz CT molecular complexity index is 1930. The molecule has 6 rings (SSSR count).